The van der Waals surface area contributed by atoms with Gasteiger partial charge >= 0.3 is 11.9 Å². The molecule has 18 nitrogen and oxygen atoms in total. The van der Waals surface area contributed by atoms with E-state index in [0.717, 1.165) is 4.88 Å². The van der Waals surface area contributed by atoms with Crippen LogP contribution in [-0.2, 0) is 57.1 Å². The first kappa shape index (κ1) is 55.7. The van der Waals surface area contributed by atoms with Gasteiger partial charge in [0.25, 0.3) is 0 Å². The number of esters is 2. The Labute approximate surface area is 427 Å². The van der Waals surface area contributed by atoms with Gasteiger partial charge in [-0.25, -0.2) is 9.97 Å². The third-order valence-corrected chi connectivity index (χ3v) is 16.8. The number of methoxy groups -OCH3 is 1. The molecule has 0 bridgehead atoms. The Morgan fingerprint density at radius 2 is 1.69 bits per heavy atom. The molecule has 18 atom stereocenters. The van der Waals surface area contributed by atoms with Gasteiger partial charge in [0.1, 0.15) is 54.9 Å². The number of cyclic esters (lactones) is 1. The minimum absolute atomic E-state index is 0.0644. The molecule has 5 fully saturated rings. The summed E-state index contributed by atoms with van der Waals surface area (Å²) in [4.78, 5) is 74.1. The van der Waals surface area contributed by atoms with Crippen LogP contribution in [-0.4, -0.2) is 179 Å². The summed E-state index contributed by atoms with van der Waals surface area (Å²) in [6, 6.07) is 4.15. The molecule has 0 spiro atoms. The van der Waals surface area contributed by atoms with Crippen molar-refractivity contribution in [1.29, 1.82) is 0 Å². The summed E-state index contributed by atoms with van der Waals surface area (Å²) in [7, 11) is 5.12. The van der Waals surface area contributed by atoms with E-state index in [1.54, 1.807) is 66.1 Å². The van der Waals surface area contributed by atoms with Crippen LogP contribution in [0.4, 0.5) is 0 Å². The molecule has 0 aliphatic carbocycles. The highest BCUT2D eigenvalue weighted by atomic mass is 32.1. The number of hydrogen-bond acceptors (Lipinski definition) is 19. The van der Waals surface area contributed by atoms with Gasteiger partial charge < -0.3 is 53.0 Å². The molecule has 0 radical (unpaired) electrons. The van der Waals surface area contributed by atoms with Crippen molar-refractivity contribution in [2.24, 2.45) is 23.2 Å². The summed E-state index contributed by atoms with van der Waals surface area (Å²) in [5.74, 6) is 1.11. The average molecular weight is 1020 g/mol. The lowest BCUT2D eigenvalue weighted by atomic mass is 9.62. The second-order valence-corrected chi connectivity index (χ2v) is 22.4. The summed E-state index contributed by atoms with van der Waals surface area (Å²) in [5, 5.41) is 23.3. The molecule has 7 heterocycles. The summed E-state index contributed by atoms with van der Waals surface area (Å²) in [6.45, 7) is 19.5. The number of thiophene rings is 1. The summed E-state index contributed by atoms with van der Waals surface area (Å²) in [5.41, 5.74) is -5.69. The third-order valence-electron chi connectivity index (χ3n) is 15.8. The van der Waals surface area contributed by atoms with Gasteiger partial charge in [0, 0.05) is 62.3 Å². The first-order valence-corrected chi connectivity index (χ1v) is 25.8. The van der Waals surface area contributed by atoms with Crippen molar-refractivity contribution in [3.05, 3.63) is 48.1 Å². The zero-order valence-electron chi connectivity index (χ0n) is 43.7. The monoisotopic (exact) mass is 1020 g/mol. The molecule has 396 valence electrons. The Kier molecular flexibility index (Phi) is 17.1. The lowest BCUT2D eigenvalue weighted by Crippen LogP contribution is -2.63. The molecule has 0 saturated carbocycles. The highest BCUT2D eigenvalue weighted by Gasteiger charge is 2.71. The van der Waals surface area contributed by atoms with Crippen LogP contribution < -0.4 is 0 Å². The number of nitrogens with zero attached hydrogens (tertiary/aromatic N) is 4. The van der Waals surface area contributed by atoms with E-state index in [9.17, 15) is 19.8 Å². The number of aliphatic hydroxyl groups is 2. The lowest BCUT2D eigenvalue weighted by Gasteiger charge is -2.49. The standard InChI is InChI=1S/C53H74N4O14S/c1-14-23-57-28-50(7)42-38(57)48(63)71-53(42,10)36(15-2)68-47(62)31(5)39(58)41(69-37-27-51(8,64-13)44(61)32(6)67-37)45(70-49-40(59)34(56(11)12)25-30(4)66-49)52(9,26-29(3)43(50)60)65-24-16-18-33-19-20-35(72-33)46-54-21-17-22-55-46/h14,17,19-22,29-32,34,36-38,40-42,44-45,49,59,61H,1,15,23-28H2,2-13H3/t29-,30-,31-,32+,34+,36+,37?,38?,40-,41+,42?,44+,45-,49+,50?,51-,52+,53-/m1/s1. The fourth-order valence-electron chi connectivity index (χ4n) is 12.0. The molecule has 4 unspecified atom stereocenters. The van der Waals surface area contributed by atoms with Crippen molar-refractivity contribution in [3.8, 4) is 22.5 Å². The fraction of sp³-hybridized carbons (Fsp3) is 0.698. The van der Waals surface area contributed by atoms with Crippen molar-refractivity contribution >= 4 is 34.8 Å². The number of carbonyl (C=O) groups is 4. The SMILES string of the molecule is C=CCN1CC2(C)C(=O)[C@H](C)C[C@](C)(OCC#Cc3ccc(-c4ncccn4)s3)[C@H](O[C@@H]3O[C@H](C)C[C@H](N(C)C)[C@H]3O)[C@@H](OC3C[C@@](C)(OC)[C@@H](O)[C@H](C)O3)C(=O)[C@@H](C)C(=O)O[C@@H](CC)[C@@]3(C)OC(=O)C1C23. The zero-order chi connectivity index (χ0) is 52.7. The lowest BCUT2D eigenvalue weighted by molar-refractivity contribution is -0.328. The van der Waals surface area contributed by atoms with E-state index in [4.69, 9.17) is 37.9 Å². The summed E-state index contributed by atoms with van der Waals surface area (Å²) < 4.78 is 51.8. The second kappa shape index (κ2) is 22.0. The number of likely N-dealkylation sites (N-methyl/N-ethyl adjacent to an activating group) is 1. The van der Waals surface area contributed by atoms with Crippen LogP contribution in [0.15, 0.2) is 43.2 Å². The first-order chi connectivity index (χ1) is 33.9. The van der Waals surface area contributed by atoms with Gasteiger partial charge in [-0.1, -0.05) is 38.7 Å². The molecule has 5 aliphatic heterocycles. The van der Waals surface area contributed by atoms with Gasteiger partial charge in [-0.05, 0) is 93.1 Å². The van der Waals surface area contributed by atoms with E-state index < -0.39 is 125 Å². The van der Waals surface area contributed by atoms with E-state index >= 15 is 9.59 Å². The molecular weight excluding hydrogens is 949 g/mol. The maximum Gasteiger partial charge on any atom is 0.324 e. The highest BCUT2D eigenvalue weighted by Crippen LogP contribution is 2.56. The van der Waals surface area contributed by atoms with E-state index in [2.05, 4.69) is 28.4 Å². The van der Waals surface area contributed by atoms with Crippen LogP contribution in [0.1, 0.15) is 92.9 Å². The van der Waals surface area contributed by atoms with Gasteiger partial charge in [0.2, 0.25) is 0 Å². The number of rotatable bonds is 12. The number of aliphatic hydroxyl groups excluding tert-OH is 2. The molecule has 2 aromatic rings. The zero-order valence-corrected chi connectivity index (χ0v) is 44.5. The summed E-state index contributed by atoms with van der Waals surface area (Å²) >= 11 is 1.39. The van der Waals surface area contributed by atoms with Crippen LogP contribution in [0.3, 0.4) is 0 Å². The Morgan fingerprint density at radius 3 is 2.35 bits per heavy atom. The van der Waals surface area contributed by atoms with Crippen LogP contribution in [0, 0.1) is 35.0 Å². The van der Waals surface area contributed by atoms with Gasteiger partial charge in [0.15, 0.2) is 29.8 Å². The Morgan fingerprint density at radius 1 is 0.986 bits per heavy atom. The maximum absolute atomic E-state index is 15.7. The van der Waals surface area contributed by atoms with Crippen LogP contribution in [0.2, 0.25) is 0 Å². The molecular formula is C53H74N4O14S. The number of hydrogen-bond donors (Lipinski definition) is 2. The van der Waals surface area contributed by atoms with Gasteiger partial charge in [-0.2, -0.15) is 0 Å². The Balaban J connectivity index is 1.40. The molecule has 5 saturated heterocycles. The van der Waals surface area contributed by atoms with Crippen molar-refractivity contribution in [1.82, 2.24) is 19.8 Å². The third kappa shape index (κ3) is 10.7. The predicted octanol–water partition coefficient (Wildman–Crippen LogP) is 4.37. The van der Waals surface area contributed by atoms with Crippen LogP contribution in [0.5, 0.6) is 0 Å². The number of Topliss-reactive ketones (excluding diaryl/α,β-unsaturated/α-hetero) is 2. The highest BCUT2D eigenvalue weighted by molar-refractivity contribution is 7.15. The van der Waals surface area contributed by atoms with Crippen molar-refractivity contribution in [3.63, 3.8) is 0 Å². The van der Waals surface area contributed by atoms with Crippen LogP contribution in [0.25, 0.3) is 10.7 Å². The van der Waals surface area contributed by atoms with E-state index in [1.165, 1.54) is 25.4 Å². The molecule has 2 N–H and O–H groups in total. The molecule has 72 heavy (non-hydrogen) atoms. The maximum atomic E-state index is 15.7. The number of aromatic nitrogens is 2. The molecule has 0 amide bonds. The largest absolute Gasteiger partial charge is 0.458 e. The number of ketones is 2. The van der Waals surface area contributed by atoms with Gasteiger partial charge in [-0.15, -0.1) is 17.9 Å². The van der Waals surface area contributed by atoms with Gasteiger partial charge in [-0.3, -0.25) is 24.1 Å². The van der Waals surface area contributed by atoms with E-state index in [1.807, 2.05) is 49.9 Å². The van der Waals surface area contributed by atoms with Crippen molar-refractivity contribution in [2.45, 2.75) is 172 Å². The quantitative estimate of drug-likeness (QED) is 0.131. The number of carbonyl (C=O) groups excluding carboxylic acids is 4. The number of likely N-dealkylation sites (tertiary alicyclic amines) is 1. The van der Waals surface area contributed by atoms with Gasteiger partial charge in [0.05, 0.1) is 33.2 Å². The molecule has 19 heteroatoms. The first-order valence-electron chi connectivity index (χ1n) is 25.0. The molecule has 5 aliphatic rings. The second-order valence-electron chi connectivity index (χ2n) is 21.4. The smallest absolute Gasteiger partial charge is 0.324 e. The fourth-order valence-corrected chi connectivity index (χ4v) is 12.8. The average Bonchev–Trinajstić information content (AvgIpc) is 4.03. The van der Waals surface area contributed by atoms with E-state index in [-0.39, 0.29) is 44.7 Å². The minimum atomic E-state index is -1.76. The Bertz CT molecular complexity index is 2360. The normalized spacial score (nSPS) is 41.0. The molecule has 7 rings (SSSR count). The summed E-state index contributed by atoms with van der Waals surface area (Å²) in [6.07, 6.45) is -5.22. The topological polar surface area (TPSA) is 215 Å². The Hall–Kier alpha value is -4.04. The van der Waals surface area contributed by atoms with E-state index in [0.29, 0.717) is 17.1 Å². The molecule has 2 aromatic heterocycles. The number of ether oxygens (including phenoxy) is 8. The van der Waals surface area contributed by atoms with Crippen LogP contribution >= 0.6 is 11.3 Å². The molecule has 0 aromatic carbocycles. The predicted molar refractivity (Wildman–Crippen MR) is 264 cm³/mol. The minimum Gasteiger partial charge on any atom is -0.458 e. The van der Waals surface area contributed by atoms with Crippen molar-refractivity contribution in [2.75, 3.05) is 40.9 Å². The van der Waals surface area contributed by atoms with Crippen molar-refractivity contribution < 1.29 is 67.3 Å².